The van der Waals surface area contributed by atoms with Gasteiger partial charge in [0, 0.05) is 24.2 Å². The molecule has 2 aliphatic rings. The van der Waals surface area contributed by atoms with E-state index in [1.807, 2.05) is 4.90 Å². The smallest absolute Gasteiger partial charge is 0.229 e. The Labute approximate surface area is 119 Å². The standard InChI is InChI=1S/C12H16BrN3OS/c13-6-8-5-10(17)16(7-8)12-15-14-11(18-12)9-3-1-2-4-9/h8-9H,1-7H2. The quantitative estimate of drug-likeness (QED) is 0.801. The van der Waals surface area contributed by atoms with Gasteiger partial charge >= 0.3 is 0 Å². The van der Waals surface area contributed by atoms with Crippen LogP contribution >= 0.6 is 27.3 Å². The van der Waals surface area contributed by atoms with Crippen LogP contribution in [0.25, 0.3) is 0 Å². The second kappa shape index (κ2) is 5.25. The summed E-state index contributed by atoms with van der Waals surface area (Å²) in [5.41, 5.74) is 0. The lowest BCUT2D eigenvalue weighted by atomic mass is 10.1. The van der Waals surface area contributed by atoms with Crippen LogP contribution in [0.5, 0.6) is 0 Å². The van der Waals surface area contributed by atoms with Gasteiger partial charge in [-0.1, -0.05) is 40.1 Å². The van der Waals surface area contributed by atoms with Gasteiger partial charge in [0.05, 0.1) is 0 Å². The molecular formula is C12H16BrN3OS. The molecule has 4 nitrogen and oxygen atoms in total. The van der Waals surface area contributed by atoms with E-state index in [0.29, 0.717) is 18.3 Å². The molecule has 2 fully saturated rings. The molecule has 1 aliphatic heterocycles. The Morgan fingerprint density at radius 3 is 2.78 bits per heavy atom. The highest BCUT2D eigenvalue weighted by Crippen LogP contribution is 2.38. The van der Waals surface area contributed by atoms with Crippen molar-refractivity contribution in [2.24, 2.45) is 5.92 Å². The summed E-state index contributed by atoms with van der Waals surface area (Å²) in [6, 6.07) is 0. The molecule has 1 aliphatic carbocycles. The minimum absolute atomic E-state index is 0.188. The average Bonchev–Trinajstić information content (AvgIpc) is 3.08. The van der Waals surface area contributed by atoms with Crippen molar-refractivity contribution in [2.75, 3.05) is 16.8 Å². The van der Waals surface area contributed by atoms with Crippen LogP contribution in [0, 0.1) is 5.92 Å². The summed E-state index contributed by atoms with van der Waals surface area (Å²) in [4.78, 5) is 13.7. The van der Waals surface area contributed by atoms with Crippen LogP contribution in [0.3, 0.4) is 0 Å². The van der Waals surface area contributed by atoms with Crippen molar-refractivity contribution >= 4 is 38.3 Å². The molecule has 0 aromatic carbocycles. The first-order valence-corrected chi connectivity index (χ1v) is 8.41. The number of alkyl halides is 1. The number of amides is 1. The summed E-state index contributed by atoms with van der Waals surface area (Å²) in [5.74, 6) is 1.19. The molecule has 98 valence electrons. The fraction of sp³-hybridized carbons (Fsp3) is 0.750. The van der Waals surface area contributed by atoms with Crippen LogP contribution in [-0.2, 0) is 4.79 Å². The zero-order valence-corrected chi connectivity index (χ0v) is 12.5. The number of aromatic nitrogens is 2. The molecule has 1 unspecified atom stereocenters. The highest BCUT2D eigenvalue weighted by atomic mass is 79.9. The molecule has 0 bridgehead atoms. The minimum atomic E-state index is 0.188. The van der Waals surface area contributed by atoms with E-state index in [1.165, 1.54) is 25.7 Å². The number of halogens is 1. The number of carbonyl (C=O) groups is 1. The highest BCUT2D eigenvalue weighted by Gasteiger charge is 2.32. The second-order valence-corrected chi connectivity index (χ2v) is 6.77. The Bertz CT molecular complexity index is 444. The predicted molar refractivity (Wildman–Crippen MR) is 75.4 cm³/mol. The highest BCUT2D eigenvalue weighted by molar-refractivity contribution is 9.09. The second-order valence-electron chi connectivity index (χ2n) is 5.13. The summed E-state index contributed by atoms with van der Waals surface area (Å²) < 4.78 is 0. The fourth-order valence-corrected chi connectivity index (χ4v) is 4.22. The van der Waals surface area contributed by atoms with Crippen LogP contribution < -0.4 is 4.90 Å². The molecule has 18 heavy (non-hydrogen) atoms. The maximum Gasteiger partial charge on any atom is 0.229 e. The Balaban J connectivity index is 1.74. The van der Waals surface area contributed by atoms with E-state index < -0.39 is 0 Å². The van der Waals surface area contributed by atoms with Crippen LogP contribution in [-0.4, -0.2) is 28.0 Å². The van der Waals surface area contributed by atoms with Gasteiger partial charge in [0.2, 0.25) is 11.0 Å². The van der Waals surface area contributed by atoms with Crippen LogP contribution in [0.15, 0.2) is 0 Å². The lowest BCUT2D eigenvalue weighted by molar-refractivity contribution is -0.117. The molecule has 1 saturated heterocycles. The Morgan fingerprint density at radius 1 is 1.33 bits per heavy atom. The molecule has 3 rings (SSSR count). The summed E-state index contributed by atoms with van der Waals surface area (Å²) >= 11 is 5.06. The van der Waals surface area contributed by atoms with Gasteiger partial charge in [-0.15, -0.1) is 10.2 Å². The van der Waals surface area contributed by atoms with Crippen molar-refractivity contribution < 1.29 is 4.79 Å². The molecule has 0 spiro atoms. The van der Waals surface area contributed by atoms with E-state index in [0.717, 1.165) is 22.0 Å². The maximum atomic E-state index is 11.9. The number of rotatable bonds is 3. The van der Waals surface area contributed by atoms with Crippen LogP contribution in [0.4, 0.5) is 5.13 Å². The van der Waals surface area contributed by atoms with Crippen molar-refractivity contribution in [3.63, 3.8) is 0 Å². The fourth-order valence-electron chi connectivity index (χ4n) is 2.74. The Kier molecular flexibility index (Phi) is 3.66. The number of anilines is 1. The van der Waals surface area contributed by atoms with Gasteiger partial charge in [-0.25, -0.2) is 0 Å². The van der Waals surface area contributed by atoms with Gasteiger partial charge < -0.3 is 0 Å². The monoisotopic (exact) mass is 329 g/mol. The van der Waals surface area contributed by atoms with Gasteiger partial charge in [0.15, 0.2) is 0 Å². The van der Waals surface area contributed by atoms with E-state index in [-0.39, 0.29) is 5.91 Å². The van der Waals surface area contributed by atoms with Crippen molar-refractivity contribution in [3.8, 4) is 0 Å². The van der Waals surface area contributed by atoms with E-state index in [9.17, 15) is 4.79 Å². The molecule has 6 heteroatoms. The lowest BCUT2D eigenvalue weighted by Crippen LogP contribution is -2.24. The molecule has 1 aromatic heterocycles. The van der Waals surface area contributed by atoms with Gasteiger partial charge in [-0.05, 0) is 18.8 Å². The van der Waals surface area contributed by atoms with Crippen molar-refractivity contribution in [3.05, 3.63) is 5.01 Å². The summed E-state index contributed by atoms with van der Waals surface area (Å²) in [5, 5.41) is 11.3. The largest absolute Gasteiger partial charge is 0.286 e. The first kappa shape index (κ1) is 12.5. The minimum Gasteiger partial charge on any atom is -0.286 e. The molecule has 0 N–H and O–H groups in total. The third-order valence-electron chi connectivity index (χ3n) is 3.79. The first-order chi connectivity index (χ1) is 8.78. The molecular weight excluding hydrogens is 314 g/mol. The zero-order valence-electron chi connectivity index (χ0n) is 10.1. The lowest BCUT2D eigenvalue weighted by Gasteiger charge is -2.11. The zero-order chi connectivity index (χ0) is 12.5. The van der Waals surface area contributed by atoms with Crippen LogP contribution in [0.1, 0.15) is 43.0 Å². The molecule has 2 heterocycles. The predicted octanol–water partition coefficient (Wildman–Crippen LogP) is 2.94. The van der Waals surface area contributed by atoms with Crippen LogP contribution in [0.2, 0.25) is 0 Å². The maximum absolute atomic E-state index is 11.9. The Morgan fingerprint density at radius 2 is 2.11 bits per heavy atom. The number of hydrogen-bond acceptors (Lipinski definition) is 4. The third-order valence-corrected chi connectivity index (χ3v) is 5.81. The first-order valence-electron chi connectivity index (χ1n) is 6.47. The summed E-state index contributed by atoms with van der Waals surface area (Å²) in [6.07, 6.45) is 5.69. The number of hydrogen-bond donors (Lipinski definition) is 0. The van der Waals surface area contributed by atoms with Gasteiger partial charge in [-0.3, -0.25) is 9.69 Å². The van der Waals surface area contributed by atoms with E-state index in [2.05, 4.69) is 26.1 Å². The SMILES string of the molecule is O=C1CC(CBr)CN1c1nnc(C2CCCC2)s1. The molecule has 1 amide bonds. The van der Waals surface area contributed by atoms with Gasteiger partial charge in [-0.2, -0.15) is 0 Å². The van der Waals surface area contributed by atoms with Gasteiger partial charge in [0.1, 0.15) is 5.01 Å². The summed E-state index contributed by atoms with van der Waals surface area (Å²) in [6.45, 7) is 0.781. The van der Waals surface area contributed by atoms with E-state index >= 15 is 0 Å². The number of nitrogens with zero attached hydrogens (tertiary/aromatic N) is 3. The average molecular weight is 330 g/mol. The van der Waals surface area contributed by atoms with Crippen molar-refractivity contribution in [2.45, 2.75) is 38.0 Å². The summed E-state index contributed by atoms with van der Waals surface area (Å²) in [7, 11) is 0. The molecule has 1 atom stereocenters. The molecule has 0 radical (unpaired) electrons. The van der Waals surface area contributed by atoms with Crippen molar-refractivity contribution in [1.29, 1.82) is 0 Å². The van der Waals surface area contributed by atoms with E-state index in [4.69, 9.17) is 0 Å². The normalized spacial score (nSPS) is 25.3. The van der Waals surface area contributed by atoms with Gasteiger partial charge in [0.25, 0.3) is 0 Å². The van der Waals surface area contributed by atoms with E-state index in [1.54, 1.807) is 11.3 Å². The topological polar surface area (TPSA) is 46.1 Å². The van der Waals surface area contributed by atoms with Crippen molar-refractivity contribution in [1.82, 2.24) is 10.2 Å². The molecule has 1 aromatic rings. The molecule has 1 saturated carbocycles. The third kappa shape index (κ3) is 2.32. The Hall–Kier alpha value is -0.490. The number of carbonyl (C=O) groups excluding carboxylic acids is 1.